The minimum atomic E-state index is -0.412. The van der Waals surface area contributed by atoms with Crippen molar-refractivity contribution in [1.82, 2.24) is 15.3 Å². The SMILES string of the molecule is Cc1ccc(NC(=O)Nc2nc(C(=O)NCc3cccnc3)cs2)cc1. The van der Waals surface area contributed by atoms with Crippen LogP contribution in [0.15, 0.2) is 54.2 Å². The summed E-state index contributed by atoms with van der Waals surface area (Å²) in [5.41, 5.74) is 2.94. The Hall–Kier alpha value is -3.26. The van der Waals surface area contributed by atoms with Gasteiger partial charge in [0.1, 0.15) is 5.69 Å². The summed E-state index contributed by atoms with van der Waals surface area (Å²) in [5, 5.41) is 10.0. The van der Waals surface area contributed by atoms with E-state index in [4.69, 9.17) is 0 Å². The van der Waals surface area contributed by atoms with Crippen LogP contribution in [0.4, 0.5) is 15.6 Å². The fourth-order valence-corrected chi connectivity index (χ4v) is 2.79. The maximum atomic E-state index is 12.1. The summed E-state index contributed by atoms with van der Waals surface area (Å²) >= 11 is 1.18. The molecule has 0 atom stereocenters. The highest BCUT2D eigenvalue weighted by Crippen LogP contribution is 2.16. The Morgan fingerprint density at radius 1 is 1.12 bits per heavy atom. The lowest BCUT2D eigenvalue weighted by Gasteiger charge is -2.05. The minimum absolute atomic E-state index is 0.254. The number of hydrogen-bond acceptors (Lipinski definition) is 5. The number of anilines is 2. The van der Waals surface area contributed by atoms with E-state index in [1.165, 1.54) is 11.3 Å². The summed E-state index contributed by atoms with van der Waals surface area (Å²) in [7, 11) is 0. The molecule has 0 radical (unpaired) electrons. The van der Waals surface area contributed by atoms with Crippen LogP contribution in [0, 0.1) is 6.92 Å². The molecule has 0 spiro atoms. The monoisotopic (exact) mass is 367 g/mol. The van der Waals surface area contributed by atoms with Gasteiger partial charge in [-0.25, -0.2) is 9.78 Å². The van der Waals surface area contributed by atoms with Gasteiger partial charge < -0.3 is 10.6 Å². The number of amides is 3. The van der Waals surface area contributed by atoms with Crippen LogP contribution in [0.3, 0.4) is 0 Å². The van der Waals surface area contributed by atoms with Gasteiger partial charge in [0.15, 0.2) is 5.13 Å². The van der Waals surface area contributed by atoms with Crippen LogP contribution < -0.4 is 16.0 Å². The predicted molar refractivity (Wildman–Crippen MR) is 101 cm³/mol. The maximum absolute atomic E-state index is 12.1. The first-order valence-electron chi connectivity index (χ1n) is 7.87. The van der Waals surface area contributed by atoms with Crippen LogP contribution >= 0.6 is 11.3 Å². The smallest absolute Gasteiger partial charge is 0.325 e. The highest BCUT2D eigenvalue weighted by molar-refractivity contribution is 7.14. The molecular weight excluding hydrogens is 350 g/mol. The molecule has 7 nitrogen and oxygen atoms in total. The average Bonchev–Trinajstić information content (AvgIpc) is 3.11. The average molecular weight is 367 g/mol. The Morgan fingerprint density at radius 2 is 1.92 bits per heavy atom. The van der Waals surface area contributed by atoms with Gasteiger partial charge in [0.2, 0.25) is 0 Å². The fourth-order valence-electron chi connectivity index (χ4n) is 2.11. The number of rotatable bonds is 5. The molecule has 8 heteroatoms. The number of pyridine rings is 1. The summed E-state index contributed by atoms with van der Waals surface area (Å²) in [4.78, 5) is 32.2. The van der Waals surface area contributed by atoms with Crippen molar-refractivity contribution in [2.24, 2.45) is 0 Å². The van der Waals surface area contributed by atoms with Crippen molar-refractivity contribution in [1.29, 1.82) is 0 Å². The molecule has 0 aliphatic heterocycles. The topological polar surface area (TPSA) is 96.0 Å². The zero-order valence-corrected chi connectivity index (χ0v) is 14.8. The second-order valence-electron chi connectivity index (χ2n) is 5.53. The highest BCUT2D eigenvalue weighted by atomic mass is 32.1. The number of nitrogens with one attached hydrogen (secondary N) is 3. The molecule has 0 bridgehead atoms. The van der Waals surface area contributed by atoms with Crippen LogP contribution in [-0.4, -0.2) is 21.9 Å². The lowest BCUT2D eigenvalue weighted by Crippen LogP contribution is -2.23. The second kappa shape index (κ2) is 8.21. The molecule has 2 aromatic heterocycles. The Labute approximate surface area is 154 Å². The largest absolute Gasteiger partial charge is 0.347 e. The van der Waals surface area contributed by atoms with Crippen LogP contribution in [0.2, 0.25) is 0 Å². The molecule has 1 aromatic carbocycles. The summed E-state index contributed by atoms with van der Waals surface area (Å²) in [6.07, 6.45) is 3.36. The van der Waals surface area contributed by atoms with E-state index in [1.807, 2.05) is 37.3 Å². The van der Waals surface area contributed by atoms with Gasteiger partial charge in [-0.15, -0.1) is 11.3 Å². The number of aryl methyl sites for hydroxylation is 1. The lowest BCUT2D eigenvalue weighted by atomic mass is 10.2. The standard InChI is InChI=1S/C18H17N5O2S/c1-12-4-6-14(7-5-12)21-17(25)23-18-22-15(11-26-18)16(24)20-10-13-3-2-8-19-9-13/h2-9,11H,10H2,1H3,(H,20,24)(H2,21,22,23,25). The third-order valence-corrected chi connectivity index (χ3v) is 4.20. The Kier molecular flexibility index (Phi) is 5.55. The van der Waals surface area contributed by atoms with Gasteiger partial charge >= 0.3 is 6.03 Å². The number of hydrogen-bond donors (Lipinski definition) is 3. The van der Waals surface area contributed by atoms with Crippen molar-refractivity contribution < 1.29 is 9.59 Å². The molecule has 3 N–H and O–H groups in total. The summed E-state index contributed by atoms with van der Waals surface area (Å²) in [6.45, 7) is 2.33. The van der Waals surface area contributed by atoms with Crippen LogP contribution in [-0.2, 0) is 6.54 Å². The van der Waals surface area contributed by atoms with E-state index in [0.29, 0.717) is 17.4 Å². The van der Waals surface area contributed by atoms with E-state index in [2.05, 4.69) is 25.9 Å². The molecule has 0 aliphatic rings. The Balaban J connectivity index is 1.52. The van der Waals surface area contributed by atoms with Crippen LogP contribution in [0.1, 0.15) is 21.6 Å². The van der Waals surface area contributed by atoms with Crippen molar-refractivity contribution in [3.63, 3.8) is 0 Å². The molecule has 0 saturated heterocycles. The summed E-state index contributed by atoms with van der Waals surface area (Å²) in [5.74, 6) is -0.308. The van der Waals surface area contributed by atoms with Crippen molar-refractivity contribution in [3.05, 3.63) is 71.0 Å². The third-order valence-electron chi connectivity index (χ3n) is 3.44. The van der Waals surface area contributed by atoms with Crippen molar-refractivity contribution in [3.8, 4) is 0 Å². The molecule has 26 heavy (non-hydrogen) atoms. The number of aromatic nitrogens is 2. The number of thiazole rings is 1. The first-order valence-corrected chi connectivity index (χ1v) is 8.75. The molecule has 0 fully saturated rings. The van der Waals surface area contributed by atoms with E-state index in [0.717, 1.165) is 11.1 Å². The normalized spacial score (nSPS) is 10.2. The Morgan fingerprint density at radius 3 is 2.65 bits per heavy atom. The van der Waals surface area contributed by atoms with Gasteiger partial charge in [-0.2, -0.15) is 0 Å². The zero-order valence-electron chi connectivity index (χ0n) is 14.0. The van der Waals surface area contributed by atoms with E-state index in [-0.39, 0.29) is 11.6 Å². The third kappa shape index (κ3) is 4.87. The first-order chi connectivity index (χ1) is 12.6. The molecule has 3 amide bonds. The van der Waals surface area contributed by atoms with Gasteiger partial charge in [0.05, 0.1) is 0 Å². The van der Waals surface area contributed by atoms with Gasteiger partial charge in [-0.3, -0.25) is 15.1 Å². The van der Waals surface area contributed by atoms with E-state index in [1.54, 1.807) is 23.8 Å². The maximum Gasteiger partial charge on any atom is 0.325 e. The number of carbonyl (C=O) groups is 2. The lowest BCUT2D eigenvalue weighted by molar-refractivity contribution is 0.0946. The molecule has 2 heterocycles. The summed E-state index contributed by atoms with van der Waals surface area (Å²) < 4.78 is 0. The molecule has 0 unspecified atom stereocenters. The van der Waals surface area contributed by atoms with Crippen LogP contribution in [0.5, 0.6) is 0 Å². The van der Waals surface area contributed by atoms with Gasteiger partial charge in [-0.05, 0) is 30.7 Å². The van der Waals surface area contributed by atoms with E-state index in [9.17, 15) is 9.59 Å². The highest BCUT2D eigenvalue weighted by Gasteiger charge is 2.12. The fraction of sp³-hybridized carbons (Fsp3) is 0.111. The number of benzene rings is 1. The van der Waals surface area contributed by atoms with E-state index >= 15 is 0 Å². The molecule has 0 saturated carbocycles. The molecular formula is C18H17N5O2S. The Bertz CT molecular complexity index is 893. The zero-order chi connectivity index (χ0) is 18.4. The van der Waals surface area contributed by atoms with Crippen molar-refractivity contribution in [2.45, 2.75) is 13.5 Å². The number of urea groups is 1. The van der Waals surface area contributed by atoms with Gasteiger partial charge in [-0.1, -0.05) is 23.8 Å². The second-order valence-corrected chi connectivity index (χ2v) is 6.39. The minimum Gasteiger partial charge on any atom is -0.347 e. The van der Waals surface area contributed by atoms with E-state index < -0.39 is 6.03 Å². The van der Waals surface area contributed by atoms with Gasteiger partial charge in [0.25, 0.3) is 5.91 Å². The van der Waals surface area contributed by atoms with Crippen molar-refractivity contribution in [2.75, 3.05) is 10.6 Å². The van der Waals surface area contributed by atoms with Crippen molar-refractivity contribution >= 4 is 34.1 Å². The van der Waals surface area contributed by atoms with Gasteiger partial charge in [0, 0.05) is 30.0 Å². The van der Waals surface area contributed by atoms with Crippen LogP contribution in [0.25, 0.3) is 0 Å². The first kappa shape index (κ1) is 17.6. The number of nitrogens with zero attached hydrogens (tertiary/aromatic N) is 2. The number of carbonyl (C=O) groups excluding carboxylic acids is 2. The quantitative estimate of drug-likeness (QED) is 0.644. The predicted octanol–water partition coefficient (Wildman–Crippen LogP) is 3.42. The molecule has 3 rings (SSSR count). The summed E-state index contributed by atoms with van der Waals surface area (Å²) in [6, 6.07) is 10.7. The molecule has 0 aliphatic carbocycles. The molecule has 3 aromatic rings. The molecule has 132 valence electrons.